The van der Waals surface area contributed by atoms with Crippen LogP contribution in [0.4, 0.5) is 5.69 Å². The Balaban J connectivity index is 1.71. The van der Waals surface area contributed by atoms with Crippen molar-refractivity contribution in [2.75, 3.05) is 37.6 Å². The highest BCUT2D eigenvalue weighted by atomic mass is 15.2. The summed E-state index contributed by atoms with van der Waals surface area (Å²) in [6, 6.07) is 15.8. The summed E-state index contributed by atoms with van der Waals surface area (Å²) >= 11 is 0. The first-order chi connectivity index (χ1) is 17.0. The normalized spacial score (nSPS) is 14.8. The molecule has 35 heavy (non-hydrogen) atoms. The topological polar surface area (TPSA) is 24.3 Å². The molecule has 0 aliphatic carbocycles. The summed E-state index contributed by atoms with van der Waals surface area (Å²) < 4.78 is 2.42. The molecule has 2 aromatic heterocycles. The number of pyridine rings is 1. The maximum atomic E-state index is 5.17. The molecule has 0 amide bonds. The fourth-order valence-corrected chi connectivity index (χ4v) is 6.12. The van der Waals surface area contributed by atoms with Gasteiger partial charge >= 0.3 is 0 Å². The molecule has 1 aliphatic heterocycles. The van der Waals surface area contributed by atoms with Crippen molar-refractivity contribution in [1.82, 2.24) is 14.5 Å². The molecule has 4 aromatic rings. The minimum atomic E-state index is 1.06. The fraction of sp³-hybridized carbons (Fsp3) is 0.452. The Bertz CT molecular complexity index is 1320. The van der Waals surface area contributed by atoms with Crippen molar-refractivity contribution in [2.24, 2.45) is 0 Å². The molecule has 1 fully saturated rings. The van der Waals surface area contributed by atoms with E-state index in [-0.39, 0.29) is 0 Å². The Labute approximate surface area is 210 Å². The highest BCUT2D eigenvalue weighted by Crippen LogP contribution is 2.39. The molecule has 0 radical (unpaired) electrons. The van der Waals surface area contributed by atoms with Crippen LogP contribution >= 0.6 is 0 Å². The minimum absolute atomic E-state index is 1.06. The van der Waals surface area contributed by atoms with Gasteiger partial charge in [0.25, 0.3) is 0 Å². The number of hydrogen-bond acceptors (Lipinski definition) is 3. The molecule has 3 heterocycles. The molecular formula is C31H40N4. The van der Waals surface area contributed by atoms with Crippen molar-refractivity contribution < 1.29 is 0 Å². The molecule has 0 saturated carbocycles. The fourth-order valence-electron chi connectivity index (χ4n) is 6.12. The number of likely N-dealkylation sites (tertiary alicyclic amines) is 1. The van der Waals surface area contributed by atoms with Crippen LogP contribution in [0.2, 0.25) is 0 Å². The van der Waals surface area contributed by atoms with Crippen LogP contribution in [0.5, 0.6) is 0 Å². The number of aryl methyl sites for hydroxylation is 4. The van der Waals surface area contributed by atoms with Crippen LogP contribution in [-0.4, -0.2) is 47.2 Å². The number of rotatable bonds is 7. The molecule has 184 valence electrons. The van der Waals surface area contributed by atoms with E-state index >= 15 is 0 Å². The Morgan fingerprint density at radius 3 is 2.31 bits per heavy atom. The zero-order valence-corrected chi connectivity index (χ0v) is 22.2. The number of para-hydroxylation sites is 1. The van der Waals surface area contributed by atoms with E-state index in [1.54, 1.807) is 0 Å². The van der Waals surface area contributed by atoms with Crippen molar-refractivity contribution in [1.29, 1.82) is 0 Å². The summed E-state index contributed by atoms with van der Waals surface area (Å²) in [5.74, 6) is 0. The maximum absolute atomic E-state index is 5.17. The summed E-state index contributed by atoms with van der Waals surface area (Å²) in [6.45, 7) is 16.8. The smallest absolute Gasteiger partial charge is 0.147 e. The average molecular weight is 469 g/mol. The predicted molar refractivity (Wildman–Crippen MR) is 150 cm³/mol. The molecule has 4 nitrogen and oxygen atoms in total. The van der Waals surface area contributed by atoms with Crippen LogP contribution in [0.25, 0.3) is 27.6 Å². The van der Waals surface area contributed by atoms with Crippen molar-refractivity contribution in [3.05, 3.63) is 64.8 Å². The standard InChI is InChI=1S/C31H40N4/c1-6-14-34(18-17-33-15-10-7-11-16-33)28-21-25(5)32-31-29(28)26-12-8-9-13-27(26)35(31)30-23(3)19-22(2)20-24(30)4/h8-9,12-13,19-21H,6-7,10-11,14-18H2,1-5H3. The van der Waals surface area contributed by atoms with Gasteiger partial charge in [0, 0.05) is 30.7 Å². The van der Waals surface area contributed by atoms with Gasteiger partial charge in [-0.2, -0.15) is 0 Å². The van der Waals surface area contributed by atoms with Crippen LogP contribution < -0.4 is 4.90 Å². The molecule has 5 rings (SSSR count). The second-order valence-corrected chi connectivity index (χ2v) is 10.5. The number of anilines is 1. The van der Waals surface area contributed by atoms with Gasteiger partial charge in [0.2, 0.25) is 0 Å². The minimum Gasteiger partial charge on any atom is -0.370 e. The van der Waals surface area contributed by atoms with Crippen molar-refractivity contribution in [3.63, 3.8) is 0 Å². The van der Waals surface area contributed by atoms with Crippen LogP contribution in [0.15, 0.2) is 42.5 Å². The van der Waals surface area contributed by atoms with E-state index in [1.807, 2.05) is 0 Å². The van der Waals surface area contributed by atoms with Crippen LogP contribution in [0.1, 0.15) is 55.0 Å². The lowest BCUT2D eigenvalue weighted by Crippen LogP contribution is -2.38. The molecule has 2 aromatic carbocycles. The first kappa shape index (κ1) is 23.9. The lowest BCUT2D eigenvalue weighted by Gasteiger charge is -2.31. The third-order valence-electron chi connectivity index (χ3n) is 7.56. The zero-order chi connectivity index (χ0) is 24.5. The number of piperidine rings is 1. The molecule has 0 unspecified atom stereocenters. The summed E-state index contributed by atoms with van der Waals surface area (Å²) in [5, 5.41) is 2.58. The van der Waals surface area contributed by atoms with Gasteiger partial charge < -0.3 is 9.80 Å². The van der Waals surface area contributed by atoms with E-state index in [0.717, 1.165) is 37.4 Å². The maximum Gasteiger partial charge on any atom is 0.147 e. The summed E-state index contributed by atoms with van der Waals surface area (Å²) in [7, 11) is 0. The molecule has 0 atom stereocenters. The molecular weight excluding hydrogens is 428 g/mol. The first-order valence-corrected chi connectivity index (χ1v) is 13.4. The summed E-state index contributed by atoms with van der Waals surface area (Å²) in [6.07, 6.45) is 5.21. The van der Waals surface area contributed by atoms with Crippen molar-refractivity contribution in [3.8, 4) is 5.69 Å². The average Bonchev–Trinajstić information content (AvgIpc) is 3.15. The van der Waals surface area contributed by atoms with Gasteiger partial charge in [0.05, 0.1) is 22.3 Å². The number of benzene rings is 2. The molecule has 1 saturated heterocycles. The highest BCUT2D eigenvalue weighted by molar-refractivity contribution is 6.14. The molecule has 0 spiro atoms. The van der Waals surface area contributed by atoms with Gasteiger partial charge in [0.1, 0.15) is 5.65 Å². The van der Waals surface area contributed by atoms with E-state index in [1.165, 1.54) is 76.7 Å². The molecule has 0 N–H and O–H groups in total. The third kappa shape index (κ3) is 4.56. The number of aromatic nitrogens is 2. The van der Waals surface area contributed by atoms with E-state index in [4.69, 9.17) is 4.98 Å². The predicted octanol–water partition coefficient (Wildman–Crippen LogP) is 7.11. The second kappa shape index (κ2) is 10.0. The number of nitrogens with zero attached hydrogens (tertiary/aromatic N) is 4. The van der Waals surface area contributed by atoms with E-state index < -0.39 is 0 Å². The van der Waals surface area contributed by atoms with Crippen LogP contribution in [-0.2, 0) is 0 Å². The van der Waals surface area contributed by atoms with Crippen LogP contribution in [0, 0.1) is 27.7 Å². The number of fused-ring (bicyclic) bond motifs is 3. The monoisotopic (exact) mass is 468 g/mol. The lowest BCUT2D eigenvalue weighted by atomic mass is 10.0. The second-order valence-electron chi connectivity index (χ2n) is 10.5. The van der Waals surface area contributed by atoms with Gasteiger partial charge in [-0.05, 0) is 83.3 Å². The molecule has 0 bridgehead atoms. The first-order valence-electron chi connectivity index (χ1n) is 13.4. The van der Waals surface area contributed by atoms with Gasteiger partial charge in [-0.3, -0.25) is 4.57 Å². The molecule has 1 aliphatic rings. The Morgan fingerprint density at radius 1 is 0.886 bits per heavy atom. The van der Waals surface area contributed by atoms with E-state index in [0.29, 0.717) is 0 Å². The third-order valence-corrected chi connectivity index (χ3v) is 7.56. The molecule has 4 heteroatoms. The highest BCUT2D eigenvalue weighted by Gasteiger charge is 2.22. The SMILES string of the molecule is CCCN(CCN1CCCCC1)c1cc(C)nc2c1c1ccccc1n2-c1c(C)cc(C)cc1C. The van der Waals surface area contributed by atoms with Gasteiger partial charge in [0.15, 0.2) is 0 Å². The van der Waals surface area contributed by atoms with Crippen molar-refractivity contribution >= 4 is 27.6 Å². The summed E-state index contributed by atoms with van der Waals surface area (Å²) in [5.41, 5.74) is 9.90. The quantitative estimate of drug-likeness (QED) is 0.289. The van der Waals surface area contributed by atoms with Gasteiger partial charge in [-0.15, -0.1) is 0 Å². The summed E-state index contributed by atoms with van der Waals surface area (Å²) in [4.78, 5) is 10.4. The van der Waals surface area contributed by atoms with Crippen molar-refractivity contribution in [2.45, 2.75) is 60.3 Å². The Hall–Kier alpha value is -2.85. The van der Waals surface area contributed by atoms with E-state index in [9.17, 15) is 0 Å². The number of hydrogen-bond donors (Lipinski definition) is 0. The Kier molecular flexibility index (Phi) is 6.84. The van der Waals surface area contributed by atoms with E-state index in [2.05, 4.69) is 91.5 Å². The van der Waals surface area contributed by atoms with Gasteiger partial charge in [-0.25, -0.2) is 4.98 Å². The Morgan fingerprint density at radius 2 is 1.60 bits per heavy atom. The largest absolute Gasteiger partial charge is 0.370 e. The van der Waals surface area contributed by atoms with Crippen LogP contribution in [0.3, 0.4) is 0 Å². The zero-order valence-electron chi connectivity index (χ0n) is 22.2. The lowest BCUT2D eigenvalue weighted by molar-refractivity contribution is 0.233. The van der Waals surface area contributed by atoms with Gasteiger partial charge in [-0.1, -0.05) is 49.2 Å².